The van der Waals surface area contributed by atoms with Crippen LogP contribution in [0.4, 0.5) is 0 Å². The van der Waals surface area contributed by atoms with Gasteiger partial charge in [0.05, 0.1) is 23.9 Å². The maximum absolute atomic E-state index is 10.9. The Bertz CT molecular complexity index is 560. The first-order chi connectivity index (χ1) is 11.6. The van der Waals surface area contributed by atoms with Gasteiger partial charge in [-0.2, -0.15) is 5.26 Å². The third-order valence-corrected chi connectivity index (χ3v) is 7.42. The van der Waals surface area contributed by atoms with E-state index in [9.17, 15) is 10.4 Å². The van der Waals surface area contributed by atoms with Crippen LogP contribution in [-0.4, -0.2) is 65.6 Å². The van der Waals surface area contributed by atoms with Gasteiger partial charge in [0, 0.05) is 55.5 Å². The van der Waals surface area contributed by atoms with Crippen LogP contribution in [0, 0.1) is 27.6 Å². The Morgan fingerprint density at radius 2 is 1.64 bits per heavy atom. The van der Waals surface area contributed by atoms with Gasteiger partial charge in [-0.1, -0.05) is 13.8 Å². The molecule has 5 fully saturated rings. The number of hydrogen-bond acceptors (Lipinski definition) is 5. The van der Waals surface area contributed by atoms with Crippen LogP contribution in [0.15, 0.2) is 0 Å². The molecule has 5 heteroatoms. The molecule has 4 bridgehead atoms. The second-order valence-electron chi connectivity index (χ2n) is 10.4. The van der Waals surface area contributed by atoms with Crippen molar-refractivity contribution in [3.05, 3.63) is 0 Å². The van der Waals surface area contributed by atoms with Gasteiger partial charge in [-0.3, -0.25) is 9.80 Å². The molecule has 1 atom stereocenters. The minimum absolute atomic E-state index is 0.0289. The first kappa shape index (κ1) is 17.7. The van der Waals surface area contributed by atoms with Crippen LogP contribution < -0.4 is 0 Å². The molecule has 25 heavy (non-hydrogen) atoms. The Morgan fingerprint density at radius 1 is 1.08 bits per heavy atom. The van der Waals surface area contributed by atoms with Gasteiger partial charge in [-0.25, -0.2) is 0 Å². The zero-order valence-corrected chi connectivity index (χ0v) is 16.2. The standard InChI is InChI=1S/C20H33N3O2/c1-17(2)10-20(6-5-8-21,7-9-25-17)16-22-11-18(3)12-23(16)14-19(4,13-22)15(18)24/h15-16,24H,5-7,9-14H2,1-4H3/t15?,16?,18?,19?,20-/m1/s1. The van der Waals surface area contributed by atoms with Gasteiger partial charge in [0.15, 0.2) is 0 Å². The first-order valence-electron chi connectivity index (χ1n) is 9.80. The fourth-order valence-corrected chi connectivity index (χ4v) is 6.99. The lowest BCUT2D eigenvalue weighted by atomic mass is 9.57. The molecule has 5 saturated heterocycles. The number of aliphatic hydroxyl groups excluding tert-OH is 1. The van der Waals surface area contributed by atoms with Crippen molar-refractivity contribution in [1.82, 2.24) is 9.80 Å². The van der Waals surface area contributed by atoms with E-state index >= 15 is 0 Å². The Morgan fingerprint density at radius 3 is 2.12 bits per heavy atom. The van der Waals surface area contributed by atoms with Crippen molar-refractivity contribution in [1.29, 1.82) is 5.26 Å². The van der Waals surface area contributed by atoms with Crippen LogP contribution in [-0.2, 0) is 4.74 Å². The van der Waals surface area contributed by atoms with Crippen LogP contribution in [0.2, 0.25) is 0 Å². The van der Waals surface area contributed by atoms with Crippen LogP contribution in [0.5, 0.6) is 0 Å². The predicted molar refractivity (Wildman–Crippen MR) is 95.7 cm³/mol. The van der Waals surface area contributed by atoms with Gasteiger partial charge < -0.3 is 9.84 Å². The Labute approximate surface area is 151 Å². The number of aliphatic hydroxyl groups is 1. The van der Waals surface area contributed by atoms with Gasteiger partial charge >= 0.3 is 0 Å². The van der Waals surface area contributed by atoms with Crippen molar-refractivity contribution in [3.63, 3.8) is 0 Å². The molecule has 0 unspecified atom stereocenters. The minimum atomic E-state index is -0.213. The Balaban J connectivity index is 1.69. The summed E-state index contributed by atoms with van der Waals surface area (Å²) < 4.78 is 6.04. The molecule has 0 aromatic heterocycles. The number of piperidine rings is 2. The van der Waals surface area contributed by atoms with Crippen molar-refractivity contribution in [2.75, 3.05) is 32.8 Å². The molecule has 0 aromatic carbocycles. The van der Waals surface area contributed by atoms with Crippen molar-refractivity contribution in [2.45, 2.75) is 71.2 Å². The lowest BCUT2D eigenvalue weighted by Crippen LogP contribution is -2.82. The van der Waals surface area contributed by atoms with Crippen LogP contribution >= 0.6 is 0 Å². The summed E-state index contributed by atoms with van der Waals surface area (Å²) >= 11 is 0. The largest absolute Gasteiger partial charge is 0.392 e. The highest BCUT2D eigenvalue weighted by Gasteiger charge is 2.65. The second-order valence-corrected chi connectivity index (χ2v) is 10.4. The molecule has 0 amide bonds. The van der Waals surface area contributed by atoms with Crippen LogP contribution in [0.25, 0.3) is 0 Å². The van der Waals surface area contributed by atoms with Crippen molar-refractivity contribution >= 4 is 0 Å². The van der Waals surface area contributed by atoms with E-state index in [1.807, 2.05) is 0 Å². The number of hydrogen-bond donors (Lipinski definition) is 1. The van der Waals surface area contributed by atoms with E-state index < -0.39 is 0 Å². The molecule has 0 aromatic rings. The molecule has 5 heterocycles. The highest BCUT2D eigenvalue weighted by molar-refractivity contribution is 5.16. The second kappa shape index (κ2) is 5.42. The van der Waals surface area contributed by atoms with E-state index in [1.54, 1.807) is 0 Å². The van der Waals surface area contributed by atoms with E-state index in [4.69, 9.17) is 4.74 Å². The predicted octanol–water partition coefficient (Wildman–Crippen LogP) is 2.21. The highest BCUT2D eigenvalue weighted by atomic mass is 16.5. The number of rotatable bonds is 3. The molecule has 1 N–H and O–H groups in total. The summed E-state index contributed by atoms with van der Waals surface area (Å²) in [6, 6.07) is 2.39. The minimum Gasteiger partial charge on any atom is -0.392 e. The van der Waals surface area contributed by atoms with Gasteiger partial charge in [-0.15, -0.1) is 0 Å². The molecule has 5 nitrogen and oxygen atoms in total. The van der Waals surface area contributed by atoms with Crippen molar-refractivity contribution in [2.24, 2.45) is 16.2 Å². The summed E-state index contributed by atoms with van der Waals surface area (Å²) in [6.07, 6.45) is 3.78. The number of nitrogens with zero attached hydrogens (tertiary/aromatic N) is 3. The lowest BCUT2D eigenvalue weighted by molar-refractivity contribution is -0.285. The summed E-state index contributed by atoms with van der Waals surface area (Å²) in [7, 11) is 0. The van der Waals surface area contributed by atoms with Gasteiger partial charge in [0.2, 0.25) is 0 Å². The van der Waals surface area contributed by atoms with Crippen molar-refractivity contribution in [3.8, 4) is 6.07 Å². The zero-order valence-electron chi connectivity index (χ0n) is 16.2. The average molecular weight is 348 g/mol. The quantitative estimate of drug-likeness (QED) is 0.848. The smallest absolute Gasteiger partial charge is 0.0696 e. The number of nitriles is 1. The Hall–Kier alpha value is -0.670. The van der Waals surface area contributed by atoms with Crippen LogP contribution in [0.1, 0.15) is 53.4 Å². The summed E-state index contributed by atoms with van der Waals surface area (Å²) in [6.45, 7) is 13.6. The molecular formula is C20H33N3O2. The van der Waals surface area contributed by atoms with Gasteiger partial charge in [-0.05, 0) is 33.1 Å². The van der Waals surface area contributed by atoms with E-state index in [0.717, 1.165) is 52.0 Å². The highest BCUT2D eigenvalue weighted by Crippen LogP contribution is 2.57. The maximum Gasteiger partial charge on any atom is 0.0696 e. The summed E-state index contributed by atoms with van der Waals surface area (Å²) in [5, 5.41) is 20.2. The molecular weight excluding hydrogens is 314 g/mol. The molecule has 0 spiro atoms. The van der Waals surface area contributed by atoms with Gasteiger partial charge in [0.1, 0.15) is 0 Å². The molecule has 0 saturated carbocycles. The van der Waals surface area contributed by atoms with E-state index in [-0.39, 0.29) is 27.9 Å². The lowest BCUT2D eigenvalue weighted by Gasteiger charge is -2.71. The summed E-state index contributed by atoms with van der Waals surface area (Å²) in [5.74, 6) is 0. The van der Waals surface area contributed by atoms with Crippen LogP contribution in [0.3, 0.4) is 0 Å². The molecule has 5 aliphatic rings. The number of ether oxygens (including phenoxy) is 1. The van der Waals surface area contributed by atoms with E-state index in [0.29, 0.717) is 12.6 Å². The van der Waals surface area contributed by atoms with E-state index in [1.165, 1.54) is 0 Å². The zero-order chi connectivity index (χ0) is 18.1. The topological polar surface area (TPSA) is 59.7 Å². The van der Waals surface area contributed by atoms with Crippen molar-refractivity contribution < 1.29 is 9.84 Å². The Kier molecular flexibility index (Phi) is 3.84. The first-order valence-corrected chi connectivity index (χ1v) is 9.80. The summed E-state index contributed by atoms with van der Waals surface area (Å²) in [5.41, 5.74) is -0.0714. The summed E-state index contributed by atoms with van der Waals surface area (Å²) in [4.78, 5) is 5.27. The average Bonchev–Trinajstić information content (AvgIpc) is 2.48. The third kappa shape index (κ3) is 2.56. The van der Waals surface area contributed by atoms with Gasteiger partial charge in [0.25, 0.3) is 0 Å². The molecule has 0 radical (unpaired) electrons. The van der Waals surface area contributed by atoms with E-state index in [2.05, 4.69) is 43.6 Å². The fourth-order valence-electron chi connectivity index (χ4n) is 6.99. The molecule has 140 valence electrons. The molecule has 5 aliphatic heterocycles. The normalized spacial score (nSPS) is 53.6. The maximum atomic E-state index is 10.9. The molecule has 5 rings (SSSR count). The SMILES string of the molecule is CC1(C)C[C@](CCC#N)(C2N3CC4(C)CN2CC(C)(C3)C4O)CCO1. The third-order valence-electron chi connectivity index (χ3n) is 7.42. The molecule has 0 aliphatic carbocycles. The monoisotopic (exact) mass is 347 g/mol. The fraction of sp³-hybridized carbons (Fsp3) is 0.950.